The van der Waals surface area contributed by atoms with Crippen LogP contribution in [0.15, 0.2) is 0 Å². The molecule has 0 aliphatic rings. The lowest BCUT2D eigenvalue weighted by Gasteiger charge is -1.91. The molecule has 0 saturated heterocycles. The van der Waals surface area contributed by atoms with E-state index >= 15 is 0 Å². The van der Waals surface area contributed by atoms with Gasteiger partial charge in [-0.05, 0) is 20.1 Å². The minimum atomic E-state index is 0.255. The van der Waals surface area contributed by atoms with Gasteiger partial charge in [0.15, 0.2) is 0 Å². The fourth-order valence-corrected chi connectivity index (χ4v) is 0.456. The van der Waals surface area contributed by atoms with E-state index in [0.717, 1.165) is 0 Å². The SMILES string of the molecule is [CH2]C(C#CC)SC. The van der Waals surface area contributed by atoms with E-state index in [-0.39, 0.29) is 5.25 Å². The van der Waals surface area contributed by atoms with Gasteiger partial charge in [0.05, 0.1) is 5.25 Å². The minimum absolute atomic E-state index is 0.255. The molecule has 0 nitrogen and oxygen atoms in total. The largest absolute Gasteiger partial charge is 0.149 e. The summed E-state index contributed by atoms with van der Waals surface area (Å²) in [6.07, 6.45) is 2.00. The second-order valence-electron chi connectivity index (χ2n) is 1.12. The normalized spacial score (nSPS) is 11.9. The maximum absolute atomic E-state index is 3.74. The summed E-state index contributed by atoms with van der Waals surface area (Å²) < 4.78 is 0. The maximum atomic E-state index is 3.74. The van der Waals surface area contributed by atoms with Crippen molar-refractivity contribution in [2.24, 2.45) is 0 Å². The number of rotatable bonds is 1. The molecule has 0 amide bonds. The average Bonchev–Trinajstić information content (AvgIpc) is 1.68. The molecular weight excluding hydrogens is 104 g/mol. The molecule has 0 bridgehead atoms. The summed E-state index contributed by atoms with van der Waals surface area (Å²) >= 11 is 1.66. The summed E-state index contributed by atoms with van der Waals surface area (Å²) in [5.74, 6) is 5.68. The monoisotopic (exact) mass is 113 g/mol. The molecule has 0 aromatic carbocycles. The third-order valence-corrected chi connectivity index (χ3v) is 1.28. The van der Waals surface area contributed by atoms with Gasteiger partial charge in [-0.1, -0.05) is 5.92 Å². The van der Waals surface area contributed by atoms with E-state index in [4.69, 9.17) is 0 Å². The quantitative estimate of drug-likeness (QED) is 0.465. The fraction of sp³-hybridized carbons (Fsp3) is 0.500. The summed E-state index contributed by atoms with van der Waals surface area (Å²) in [5, 5.41) is 0.255. The minimum Gasteiger partial charge on any atom is -0.149 e. The van der Waals surface area contributed by atoms with Crippen molar-refractivity contribution in [3.8, 4) is 11.8 Å². The molecule has 0 aromatic rings. The second-order valence-corrected chi connectivity index (χ2v) is 2.16. The summed E-state index contributed by atoms with van der Waals surface area (Å²) in [6, 6.07) is 0. The van der Waals surface area contributed by atoms with Crippen LogP contribution in [0, 0.1) is 18.8 Å². The molecule has 1 unspecified atom stereocenters. The highest BCUT2D eigenvalue weighted by Crippen LogP contribution is 2.00. The lowest BCUT2D eigenvalue weighted by atomic mass is 10.5. The van der Waals surface area contributed by atoms with E-state index in [0.29, 0.717) is 0 Å². The summed E-state index contributed by atoms with van der Waals surface area (Å²) in [5.41, 5.74) is 0. The van der Waals surface area contributed by atoms with Crippen LogP contribution in [0.5, 0.6) is 0 Å². The summed E-state index contributed by atoms with van der Waals surface area (Å²) in [4.78, 5) is 0. The van der Waals surface area contributed by atoms with Gasteiger partial charge in [-0.25, -0.2) is 0 Å². The van der Waals surface area contributed by atoms with Crippen LogP contribution in [-0.2, 0) is 0 Å². The van der Waals surface area contributed by atoms with Crippen LogP contribution in [0.25, 0.3) is 0 Å². The molecule has 0 N–H and O–H groups in total. The van der Waals surface area contributed by atoms with Gasteiger partial charge in [-0.3, -0.25) is 0 Å². The Balaban J connectivity index is 3.29. The van der Waals surface area contributed by atoms with Crippen LogP contribution < -0.4 is 0 Å². The smallest absolute Gasteiger partial charge is 0.0654 e. The van der Waals surface area contributed by atoms with E-state index in [1.165, 1.54) is 0 Å². The van der Waals surface area contributed by atoms with E-state index < -0.39 is 0 Å². The first kappa shape index (κ1) is 6.91. The standard InChI is InChI=1S/C6H9S/c1-4-5-6(2)7-3/h6H,2H2,1,3H3. The highest BCUT2D eigenvalue weighted by atomic mass is 32.2. The van der Waals surface area contributed by atoms with Crippen molar-refractivity contribution in [1.29, 1.82) is 0 Å². The molecule has 0 rings (SSSR count). The molecule has 7 heavy (non-hydrogen) atoms. The Morgan fingerprint density at radius 2 is 2.29 bits per heavy atom. The zero-order valence-electron chi connectivity index (χ0n) is 4.69. The maximum Gasteiger partial charge on any atom is 0.0654 e. The second kappa shape index (κ2) is 4.08. The highest BCUT2D eigenvalue weighted by Gasteiger charge is 1.86. The Labute approximate surface area is 49.7 Å². The van der Waals surface area contributed by atoms with Crippen molar-refractivity contribution in [1.82, 2.24) is 0 Å². The molecule has 0 heterocycles. The van der Waals surface area contributed by atoms with Gasteiger partial charge in [0.2, 0.25) is 0 Å². The predicted octanol–water partition coefficient (Wildman–Crippen LogP) is 1.58. The van der Waals surface area contributed by atoms with Gasteiger partial charge in [-0.2, -0.15) is 0 Å². The van der Waals surface area contributed by atoms with Crippen LogP contribution in [-0.4, -0.2) is 11.5 Å². The first-order chi connectivity index (χ1) is 3.31. The van der Waals surface area contributed by atoms with Gasteiger partial charge in [0.25, 0.3) is 0 Å². The topological polar surface area (TPSA) is 0 Å². The Morgan fingerprint density at radius 1 is 1.71 bits per heavy atom. The zero-order chi connectivity index (χ0) is 5.70. The van der Waals surface area contributed by atoms with Crippen molar-refractivity contribution < 1.29 is 0 Å². The first-order valence-corrected chi connectivity index (χ1v) is 3.38. The van der Waals surface area contributed by atoms with Gasteiger partial charge in [0.1, 0.15) is 0 Å². The van der Waals surface area contributed by atoms with Crippen LogP contribution in [0.2, 0.25) is 0 Å². The number of hydrogen-bond acceptors (Lipinski definition) is 1. The van der Waals surface area contributed by atoms with Crippen LogP contribution in [0.3, 0.4) is 0 Å². The Hall–Kier alpha value is -0.0900. The van der Waals surface area contributed by atoms with Crippen LogP contribution in [0.1, 0.15) is 6.92 Å². The molecule has 1 radical (unpaired) electrons. The Bertz CT molecular complexity index is 86.1. The third kappa shape index (κ3) is 3.75. The first-order valence-electron chi connectivity index (χ1n) is 2.09. The average molecular weight is 113 g/mol. The molecule has 0 spiro atoms. The fourth-order valence-electron chi connectivity index (χ4n) is 0.220. The molecule has 0 fully saturated rings. The third-order valence-electron chi connectivity index (χ3n) is 0.590. The molecule has 1 heteroatoms. The van der Waals surface area contributed by atoms with Crippen molar-refractivity contribution >= 4 is 11.8 Å². The van der Waals surface area contributed by atoms with Crippen LogP contribution >= 0.6 is 11.8 Å². The molecule has 1 atom stereocenters. The van der Waals surface area contributed by atoms with Gasteiger partial charge in [0, 0.05) is 0 Å². The van der Waals surface area contributed by atoms with Crippen molar-refractivity contribution in [2.75, 3.05) is 6.26 Å². The molecule has 0 aliphatic carbocycles. The van der Waals surface area contributed by atoms with Crippen molar-refractivity contribution in [3.05, 3.63) is 6.92 Å². The molecule has 0 aliphatic heterocycles. The van der Waals surface area contributed by atoms with Gasteiger partial charge < -0.3 is 0 Å². The van der Waals surface area contributed by atoms with Crippen LogP contribution in [0.4, 0.5) is 0 Å². The van der Waals surface area contributed by atoms with E-state index in [2.05, 4.69) is 18.8 Å². The zero-order valence-corrected chi connectivity index (χ0v) is 5.51. The summed E-state index contributed by atoms with van der Waals surface area (Å²) in [6.45, 7) is 5.56. The van der Waals surface area contributed by atoms with Crippen molar-refractivity contribution in [2.45, 2.75) is 12.2 Å². The molecule has 0 aromatic heterocycles. The van der Waals surface area contributed by atoms with Crippen molar-refractivity contribution in [3.63, 3.8) is 0 Å². The van der Waals surface area contributed by atoms with Gasteiger partial charge in [-0.15, -0.1) is 17.7 Å². The number of hydrogen-bond donors (Lipinski definition) is 0. The molecule has 0 saturated carbocycles. The molecule has 39 valence electrons. The predicted molar refractivity (Wildman–Crippen MR) is 36.1 cm³/mol. The Morgan fingerprint density at radius 3 is 2.43 bits per heavy atom. The lowest BCUT2D eigenvalue weighted by molar-refractivity contribution is 1.50. The van der Waals surface area contributed by atoms with E-state index in [1.807, 2.05) is 13.2 Å². The summed E-state index contributed by atoms with van der Waals surface area (Å²) in [7, 11) is 0. The highest BCUT2D eigenvalue weighted by molar-refractivity contribution is 7.99. The van der Waals surface area contributed by atoms with Gasteiger partial charge >= 0.3 is 0 Å². The Kier molecular flexibility index (Phi) is 4.03. The lowest BCUT2D eigenvalue weighted by Crippen LogP contribution is -1.86. The molecular formula is C6H9S. The van der Waals surface area contributed by atoms with E-state index in [1.54, 1.807) is 11.8 Å². The number of thioether (sulfide) groups is 1. The van der Waals surface area contributed by atoms with E-state index in [9.17, 15) is 0 Å².